The largest absolute Gasteiger partial charge is 0.345 e. The van der Waals surface area contributed by atoms with E-state index in [4.69, 9.17) is 0 Å². The van der Waals surface area contributed by atoms with E-state index in [0.717, 1.165) is 17.4 Å². The first-order chi connectivity index (χ1) is 7.15. The number of hydrogen-bond donors (Lipinski definition) is 1. The van der Waals surface area contributed by atoms with Crippen LogP contribution in [0.3, 0.4) is 0 Å². The Morgan fingerprint density at radius 1 is 1.47 bits per heavy atom. The van der Waals surface area contributed by atoms with Crippen LogP contribution < -0.4 is 0 Å². The van der Waals surface area contributed by atoms with Crippen LogP contribution in [-0.4, -0.2) is 30.2 Å². The summed E-state index contributed by atoms with van der Waals surface area (Å²) in [6.45, 7) is 0.724. The molecule has 0 saturated heterocycles. The van der Waals surface area contributed by atoms with Gasteiger partial charge in [-0.25, -0.2) is 0 Å². The van der Waals surface area contributed by atoms with Crippen molar-refractivity contribution in [3.8, 4) is 0 Å². The fourth-order valence-electron chi connectivity index (χ4n) is 1.23. The predicted molar refractivity (Wildman–Crippen MR) is 69.3 cm³/mol. The molecule has 1 aromatic carbocycles. The number of thiol groups is 1. The third-order valence-electron chi connectivity index (χ3n) is 2.24. The van der Waals surface area contributed by atoms with Crippen molar-refractivity contribution in [2.75, 3.05) is 19.3 Å². The Labute approximate surface area is 104 Å². The van der Waals surface area contributed by atoms with E-state index >= 15 is 0 Å². The number of likely N-dealkylation sites (N-methyl/N-ethyl adjacent to an activating group) is 1. The lowest BCUT2D eigenvalue weighted by Crippen LogP contribution is -2.29. The van der Waals surface area contributed by atoms with Crippen LogP contribution in [-0.2, 0) is 11.2 Å². The molecule has 82 valence electrons. The molecule has 0 bridgehead atoms. The van der Waals surface area contributed by atoms with Crippen LogP contribution >= 0.6 is 28.6 Å². The summed E-state index contributed by atoms with van der Waals surface area (Å²) >= 11 is 7.44. The van der Waals surface area contributed by atoms with E-state index in [1.807, 2.05) is 18.2 Å². The van der Waals surface area contributed by atoms with E-state index < -0.39 is 0 Å². The molecule has 0 unspecified atom stereocenters. The second-order valence-corrected chi connectivity index (χ2v) is 4.49. The van der Waals surface area contributed by atoms with Crippen LogP contribution in [0.15, 0.2) is 28.7 Å². The molecule has 0 aliphatic heterocycles. The summed E-state index contributed by atoms with van der Waals surface area (Å²) in [4.78, 5) is 13.0. The van der Waals surface area contributed by atoms with Gasteiger partial charge in [-0.2, -0.15) is 12.6 Å². The average molecular weight is 288 g/mol. The molecule has 0 spiro atoms. The molecule has 0 fully saturated rings. The van der Waals surface area contributed by atoms with E-state index in [2.05, 4.69) is 34.6 Å². The number of amides is 1. The highest BCUT2D eigenvalue weighted by atomic mass is 79.9. The molecule has 0 heterocycles. The van der Waals surface area contributed by atoms with Gasteiger partial charge in [0.15, 0.2) is 0 Å². The van der Waals surface area contributed by atoms with Crippen molar-refractivity contribution in [3.05, 3.63) is 34.3 Å². The highest BCUT2D eigenvalue weighted by Crippen LogP contribution is 2.16. The maximum atomic E-state index is 11.3. The van der Waals surface area contributed by atoms with E-state index in [0.29, 0.717) is 0 Å². The van der Waals surface area contributed by atoms with Crippen LogP contribution in [0.2, 0.25) is 0 Å². The molecule has 0 N–H and O–H groups in total. The van der Waals surface area contributed by atoms with E-state index in [-0.39, 0.29) is 11.7 Å². The van der Waals surface area contributed by atoms with Crippen LogP contribution in [0, 0.1) is 0 Å². The number of carbonyl (C=O) groups is 1. The molecule has 0 aliphatic rings. The molecule has 0 atom stereocenters. The third kappa shape index (κ3) is 3.87. The number of halogens is 1. The zero-order chi connectivity index (χ0) is 11.3. The molecule has 15 heavy (non-hydrogen) atoms. The number of hydrogen-bond acceptors (Lipinski definition) is 2. The summed E-state index contributed by atoms with van der Waals surface area (Å²) < 4.78 is 1.09. The van der Waals surface area contributed by atoms with Crippen molar-refractivity contribution < 1.29 is 4.79 Å². The minimum atomic E-state index is 0.0605. The van der Waals surface area contributed by atoms with Crippen molar-refractivity contribution in [3.63, 3.8) is 0 Å². The Bertz CT molecular complexity index is 343. The third-order valence-corrected chi connectivity index (χ3v) is 3.28. The minimum absolute atomic E-state index is 0.0605. The Hall–Kier alpha value is -0.480. The lowest BCUT2D eigenvalue weighted by atomic mass is 10.1. The Morgan fingerprint density at radius 2 is 2.13 bits per heavy atom. The average Bonchev–Trinajstić information content (AvgIpc) is 2.26. The summed E-state index contributed by atoms with van der Waals surface area (Å²) in [5.74, 6) is 0.331. The first-order valence-corrected chi connectivity index (χ1v) is 6.16. The zero-order valence-corrected chi connectivity index (χ0v) is 11.1. The SMILES string of the molecule is CN(CCc1ccccc1Br)C(=O)CS. The zero-order valence-electron chi connectivity index (χ0n) is 8.61. The van der Waals surface area contributed by atoms with Crippen LogP contribution in [0.5, 0.6) is 0 Å². The molecule has 0 radical (unpaired) electrons. The van der Waals surface area contributed by atoms with Gasteiger partial charge in [0.1, 0.15) is 0 Å². The van der Waals surface area contributed by atoms with Gasteiger partial charge in [0.25, 0.3) is 0 Å². The molecule has 2 nitrogen and oxygen atoms in total. The summed E-state index contributed by atoms with van der Waals surface area (Å²) in [6, 6.07) is 8.05. The molecule has 0 saturated carbocycles. The smallest absolute Gasteiger partial charge is 0.232 e. The van der Waals surface area contributed by atoms with Gasteiger partial charge in [-0.3, -0.25) is 4.79 Å². The molecule has 0 aliphatic carbocycles. The van der Waals surface area contributed by atoms with Gasteiger partial charge in [-0.1, -0.05) is 34.1 Å². The molecule has 0 aromatic heterocycles. The second-order valence-electron chi connectivity index (χ2n) is 3.31. The summed E-state index contributed by atoms with van der Waals surface area (Å²) in [5.41, 5.74) is 1.22. The molecule has 1 rings (SSSR count). The number of benzene rings is 1. The van der Waals surface area contributed by atoms with Crippen LogP contribution in [0.25, 0.3) is 0 Å². The fraction of sp³-hybridized carbons (Fsp3) is 0.364. The van der Waals surface area contributed by atoms with Crippen LogP contribution in [0.1, 0.15) is 5.56 Å². The van der Waals surface area contributed by atoms with E-state index in [9.17, 15) is 4.79 Å². The standard InChI is InChI=1S/C11H14BrNOS/c1-13(11(14)8-15)7-6-9-4-2-3-5-10(9)12/h2-5,15H,6-8H2,1H3. The van der Waals surface area contributed by atoms with Gasteiger partial charge in [0.05, 0.1) is 5.75 Å². The Balaban J connectivity index is 2.50. The lowest BCUT2D eigenvalue weighted by molar-refractivity contribution is -0.127. The van der Waals surface area contributed by atoms with Gasteiger partial charge in [-0.15, -0.1) is 0 Å². The van der Waals surface area contributed by atoms with Gasteiger partial charge in [0.2, 0.25) is 5.91 Å². The van der Waals surface area contributed by atoms with E-state index in [1.165, 1.54) is 5.56 Å². The number of rotatable bonds is 4. The minimum Gasteiger partial charge on any atom is -0.345 e. The van der Waals surface area contributed by atoms with E-state index in [1.54, 1.807) is 11.9 Å². The summed E-state index contributed by atoms with van der Waals surface area (Å²) in [7, 11) is 1.80. The fourth-order valence-corrected chi connectivity index (χ4v) is 1.96. The summed E-state index contributed by atoms with van der Waals surface area (Å²) in [5, 5.41) is 0. The highest BCUT2D eigenvalue weighted by Gasteiger charge is 2.06. The highest BCUT2D eigenvalue weighted by molar-refractivity contribution is 9.10. The van der Waals surface area contributed by atoms with Gasteiger partial charge in [0, 0.05) is 18.1 Å². The van der Waals surface area contributed by atoms with Crippen LogP contribution in [0.4, 0.5) is 0 Å². The first kappa shape index (κ1) is 12.6. The normalized spacial score (nSPS) is 10.1. The quantitative estimate of drug-likeness (QED) is 0.843. The van der Waals surface area contributed by atoms with Crippen molar-refractivity contribution in [1.82, 2.24) is 4.90 Å². The number of carbonyl (C=O) groups excluding carboxylic acids is 1. The van der Waals surface area contributed by atoms with Crippen molar-refractivity contribution in [2.45, 2.75) is 6.42 Å². The maximum absolute atomic E-state index is 11.3. The lowest BCUT2D eigenvalue weighted by Gasteiger charge is -2.16. The van der Waals surface area contributed by atoms with Gasteiger partial charge >= 0.3 is 0 Å². The van der Waals surface area contributed by atoms with Gasteiger partial charge < -0.3 is 4.90 Å². The molecule has 1 amide bonds. The monoisotopic (exact) mass is 287 g/mol. The summed E-state index contributed by atoms with van der Waals surface area (Å²) in [6.07, 6.45) is 0.859. The van der Waals surface area contributed by atoms with Crippen molar-refractivity contribution in [1.29, 1.82) is 0 Å². The first-order valence-electron chi connectivity index (χ1n) is 4.73. The number of nitrogens with zero attached hydrogens (tertiary/aromatic N) is 1. The van der Waals surface area contributed by atoms with Gasteiger partial charge in [-0.05, 0) is 18.1 Å². The molecule has 4 heteroatoms. The second kappa shape index (κ2) is 6.18. The molecular weight excluding hydrogens is 274 g/mol. The Morgan fingerprint density at radius 3 is 2.73 bits per heavy atom. The van der Waals surface area contributed by atoms with Crippen molar-refractivity contribution in [2.24, 2.45) is 0 Å². The molecular formula is C11H14BrNOS. The molecule has 1 aromatic rings. The Kier molecular flexibility index (Phi) is 5.19. The van der Waals surface area contributed by atoms with Crippen molar-refractivity contribution >= 4 is 34.5 Å². The topological polar surface area (TPSA) is 20.3 Å². The maximum Gasteiger partial charge on any atom is 0.232 e. The predicted octanol–water partition coefficient (Wildman–Crippen LogP) is 2.38.